The van der Waals surface area contributed by atoms with Gasteiger partial charge in [-0.2, -0.15) is 0 Å². The van der Waals surface area contributed by atoms with Crippen LogP contribution in [-0.4, -0.2) is 53.3 Å². The summed E-state index contributed by atoms with van der Waals surface area (Å²) < 4.78 is 17.2. The van der Waals surface area contributed by atoms with Gasteiger partial charge < -0.3 is 24.1 Å². The number of ether oxygens (including phenoxy) is 2. The number of nitrogens with one attached hydrogen (secondary N) is 1. The molecule has 3 aromatic heterocycles. The van der Waals surface area contributed by atoms with Crippen LogP contribution in [0.25, 0.3) is 22.2 Å². The van der Waals surface area contributed by atoms with Crippen molar-refractivity contribution in [2.24, 2.45) is 5.41 Å². The molecule has 2 aliphatic heterocycles. The van der Waals surface area contributed by atoms with Crippen LogP contribution in [-0.2, 0) is 4.74 Å². The van der Waals surface area contributed by atoms with E-state index in [0.29, 0.717) is 17.6 Å². The minimum Gasteiger partial charge on any atom is -0.495 e. The third kappa shape index (κ3) is 4.03. The predicted molar refractivity (Wildman–Crippen MR) is 138 cm³/mol. The van der Waals surface area contributed by atoms with Crippen LogP contribution in [0.1, 0.15) is 30.1 Å². The van der Waals surface area contributed by atoms with E-state index in [2.05, 4.69) is 20.2 Å². The number of oxazole rings is 1. The minimum atomic E-state index is 0.237. The van der Waals surface area contributed by atoms with Crippen molar-refractivity contribution in [2.45, 2.75) is 33.6 Å². The third-order valence-corrected chi connectivity index (χ3v) is 7.21. The van der Waals surface area contributed by atoms with Crippen molar-refractivity contribution < 1.29 is 13.9 Å². The largest absolute Gasteiger partial charge is 0.495 e. The predicted octanol–water partition coefficient (Wildman–Crippen LogP) is 4.97. The molecule has 0 radical (unpaired) electrons. The summed E-state index contributed by atoms with van der Waals surface area (Å²) in [6.07, 6.45) is 4.08. The first-order chi connectivity index (χ1) is 17.4. The van der Waals surface area contributed by atoms with Gasteiger partial charge in [0, 0.05) is 54.9 Å². The Bertz CT molecular complexity index is 1440. The summed E-state index contributed by atoms with van der Waals surface area (Å²) >= 11 is 0. The van der Waals surface area contributed by atoms with Gasteiger partial charge in [0.15, 0.2) is 17.5 Å². The van der Waals surface area contributed by atoms with E-state index in [-0.39, 0.29) is 5.41 Å². The molecule has 4 aromatic rings. The number of pyridine rings is 1. The molecular weight excluding hydrogens is 456 g/mol. The number of benzene rings is 1. The molecule has 0 bridgehead atoms. The lowest BCUT2D eigenvalue weighted by Gasteiger charge is -2.23. The van der Waals surface area contributed by atoms with Crippen molar-refractivity contribution in [3.05, 3.63) is 47.7 Å². The second-order valence-corrected chi connectivity index (χ2v) is 9.88. The third-order valence-electron chi connectivity index (χ3n) is 7.21. The SMILES string of the molecule is COc1cc(-c2oc(C)nc2C)ccc1Nc1ncc2cc(C)nc(N3CCC4(CCOC4)C3)c2n1. The average molecular weight is 487 g/mol. The lowest BCUT2D eigenvalue weighted by Crippen LogP contribution is -2.28. The number of hydrogen-bond acceptors (Lipinski definition) is 9. The van der Waals surface area contributed by atoms with E-state index in [4.69, 9.17) is 23.9 Å². The molecule has 1 N–H and O–H groups in total. The van der Waals surface area contributed by atoms with Gasteiger partial charge in [-0.3, -0.25) is 0 Å². The van der Waals surface area contributed by atoms with Crippen LogP contribution in [0.5, 0.6) is 5.75 Å². The smallest absolute Gasteiger partial charge is 0.227 e. The maximum atomic E-state index is 5.78. The van der Waals surface area contributed by atoms with Gasteiger partial charge in [0.25, 0.3) is 0 Å². The van der Waals surface area contributed by atoms with Gasteiger partial charge in [0.2, 0.25) is 5.95 Å². The van der Waals surface area contributed by atoms with Crippen LogP contribution >= 0.6 is 0 Å². The number of nitrogens with zero attached hydrogens (tertiary/aromatic N) is 5. The van der Waals surface area contributed by atoms with Crippen LogP contribution in [0.2, 0.25) is 0 Å². The van der Waals surface area contributed by atoms with E-state index in [1.54, 1.807) is 7.11 Å². The quantitative estimate of drug-likeness (QED) is 0.419. The zero-order valence-electron chi connectivity index (χ0n) is 21.1. The maximum Gasteiger partial charge on any atom is 0.227 e. The van der Waals surface area contributed by atoms with Gasteiger partial charge >= 0.3 is 0 Å². The first-order valence-corrected chi connectivity index (χ1v) is 12.3. The molecule has 186 valence electrons. The molecule has 1 spiro atoms. The molecule has 1 atom stereocenters. The number of aryl methyl sites for hydroxylation is 3. The first-order valence-electron chi connectivity index (χ1n) is 12.3. The number of aromatic nitrogens is 4. The highest BCUT2D eigenvalue weighted by Crippen LogP contribution is 2.41. The standard InChI is InChI=1S/C27H30N6O3/c1-16-11-20-13-28-26(32-23(20)25(29-16)33-9-7-27(14-33)8-10-35-15-27)31-21-6-5-19(12-22(21)34-4)24-17(2)30-18(3)36-24/h5-6,11-13H,7-10,14-15H2,1-4H3,(H,28,31,32). The highest BCUT2D eigenvalue weighted by Gasteiger charge is 2.42. The van der Waals surface area contributed by atoms with Gasteiger partial charge in [-0.05, 0) is 51.0 Å². The lowest BCUT2D eigenvalue weighted by atomic mass is 9.87. The summed E-state index contributed by atoms with van der Waals surface area (Å²) in [6, 6.07) is 7.88. The van der Waals surface area contributed by atoms with Crippen LogP contribution in [0.15, 0.2) is 34.9 Å². The number of anilines is 3. The van der Waals surface area contributed by atoms with Gasteiger partial charge in [0.1, 0.15) is 11.3 Å². The van der Waals surface area contributed by atoms with Crippen molar-refractivity contribution in [3.8, 4) is 17.1 Å². The Labute approximate surface area is 209 Å². The van der Waals surface area contributed by atoms with Gasteiger partial charge in [-0.15, -0.1) is 0 Å². The zero-order valence-corrected chi connectivity index (χ0v) is 21.1. The van der Waals surface area contributed by atoms with E-state index in [0.717, 1.165) is 84.3 Å². The molecule has 9 heteroatoms. The summed E-state index contributed by atoms with van der Waals surface area (Å²) in [5, 5.41) is 4.31. The zero-order chi connectivity index (χ0) is 24.9. The number of methoxy groups -OCH3 is 1. The molecule has 0 amide bonds. The molecule has 6 rings (SSSR count). The van der Waals surface area contributed by atoms with Crippen molar-refractivity contribution in [1.29, 1.82) is 0 Å². The molecule has 5 heterocycles. The molecule has 1 aromatic carbocycles. The van der Waals surface area contributed by atoms with Crippen molar-refractivity contribution >= 4 is 28.4 Å². The summed E-state index contributed by atoms with van der Waals surface area (Å²) in [6.45, 7) is 9.38. The van der Waals surface area contributed by atoms with Gasteiger partial charge in [-0.1, -0.05) is 0 Å². The first kappa shape index (κ1) is 22.7. The summed E-state index contributed by atoms with van der Waals surface area (Å²) in [7, 11) is 1.64. The molecule has 36 heavy (non-hydrogen) atoms. The Morgan fingerprint density at radius 1 is 1.08 bits per heavy atom. The molecule has 2 aliphatic rings. The molecule has 1 unspecified atom stereocenters. The second-order valence-electron chi connectivity index (χ2n) is 9.88. The summed E-state index contributed by atoms with van der Waals surface area (Å²) in [5.74, 6) is 3.44. The van der Waals surface area contributed by atoms with Crippen LogP contribution in [0.4, 0.5) is 17.5 Å². The monoisotopic (exact) mass is 486 g/mol. The lowest BCUT2D eigenvalue weighted by molar-refractivity contribution is 0.160. The fourth-order valence-corrected chi connectivity index (χ4v) is 5.38. The fraction of sp³-hybridized carbons (Fsp3) is 0.407. The number of fused-ring (bicyclic) bond motifs is 1. The van der Waals surface area contributed by atoms with E-state index >= 15 is 0 Å². The van der Waals surface area contributed by atoms with Gasteiger partial charge in [-0.25, -0.2) is 19.9 Å². The van der Waals surface area contributed by atoms with E-state index in [9.17, 15) is 0 Å². The molecule has 2 saturated heterocycles. The Morgan fingerprint density at radius 2 is 1.97 bits per heavy atom. The Morgan fingerprint density at radius 3 is 2.72 bits per heavy atom. The van der Waals surface area contributed by atoms with E-state index in [1.807, 2.05) is 51.2 Å². The summed E-state index contributed by atoms with van der Waals surface area (Å²) in [5.41, 5.74) is 4.55. The van der Waals surface area contributed by atoms with E-state index in [1.165, 1.54) is 0 Å². The number of hydrogen-bond donors (Lipinski definition) is 1. The van der Waals surface area contributed by atoms with Crippen molar-refractivity contribution in [1.82, 2.24) is 19.9 Å². The van der Waals surface area contributed by atoms with Crippen LogP contribution in [0.3, 0.4) is 0 Å². The van der Waals surface area contributed by atoms with Crippen molar-refractivity contribution in [2.75, 3.05) is 43.6 Å². The molecule has 0 aliphatic carbocycles. The average Bonchev–Trinajstić information content (AvgIpc) is 3.60. The highest BCUT2D eigenvalue weighted by atomic mass is 16.5. The van der Waals surface area contributed by atoms with E-state index < -0.39 is 0 Å². The molecule has 9 nitrogen and oxygen atoms in total. The second kappa shape index (κ2) is 8.74. The van der Waals surface area contributed by atoms with Crippen LogP contribution in [0, 0.1) is 26.2 Å². The van der Waals surface area contributed by atoms with Crippen LogP contribution < -0.4 is 15.0 Å². The maximum absolute atomic E-state index is 5.78. The number of rotatable bonds is 5. The molecule has 2 fully saturated rings. The minimum absolute atomic E-state index is 0.237. The highest BCUT2D eigenvalue weighted by molar-refractivity contribution is 5.89. The normalized spacial score (nSPS) is 19.5. The molecule has 0 saturated carbocycles. The Kier molecular flexibility index (Phi) is 5.52. The van der Waals surface area contributed by atoms with Gasteiger partial charge in [0.05, 0.1) is 25.1 Å². The molecular formula is C27H30N6O3. The van der Waals surface area contributed by atoms with Crippen molar-refractivity contribution in [3.63, 3.8) is 0 Å². The Hall–Kier alpha value is -3.72. The fourth-order valence-electron chi connectivity index (χ4n) is 5.38. The summed E-state index contributed by atoms with van der Waals surface area (Å²) in [4.78, 5) is 21.1. The Balaban J connectivity index is 1.33. The topological polar surface area (TPSA) is 98.4 Å².